The highest BCUT2D eigenvalue weighted by Gasteiger charge is 2.18. The Bertz CT molecular complexity index is 566. The molecule has 1 unspecified atom stereocenters. The van der Waals surface area contributed by atoms with E-state index in [1.807, 2.05) is 6.07 Å². The highest BCUT2D eigenvalue weighted by atomic mass is 127. The van der Waals surface area contributed by atoms with Crippen molar-refractivity contribution in [1.82, 2.24) is 10.2 Å². The first-order valence-corrected chi connectivity index (χ1v) is 9.42. The molecule has 1 atom stereocenters. The molecule has 0 aromatic heterocycles. The van der Waals surface area contributed by atoms with Crippen molar-refractivity contribution >= 4 is 29.9 Å². The normalized spacial score (nSPS) is 17.5. The van der Waals surface area contributed by atoms with E-state index < -0.39 is 0 Å². The average molecular weight is 475 g/mol. The Labute approximate surface area is 175 Å². The minimum atomic E-state index is 0. The zero-order chi connectivity index (χ0) is 18.1. The van der Waals surface area contributed by atoms with Crippen LogP contribution in [0, 0.1) is 5.92 Å². The lowest BCUT2D eigenvalue weighted by Crippen LogP contribution is -2.46. The van der Waals surface area contributed by atoms with Gasteiger partial charge in [0.2, 0.25) is 0 Å². The summed E-state index contributed by atoms with van der Waals surface area (Å²) in [7, 11) is 3.34. The van der Waals surface area contributed by atoms with E-state index >= 15 is 0 Å². The standard InChI is InChI=1S/C20H33N3O2.HI/c1-5-21-20(23-13-7-8-16(2)15-23)22-12-6-9-17-10-11-18(24-3)19(14-17)25-4;/h10-11,14,16H,5-9,12-13,15H2,1-4H3,(H,21,22);1H. The third-order valence-electron chi connectivity index (χ3n) is 4.62. The van der Waals surface area contributed by atoms with Crippen LogP contribution in [0.5, 0.6) is 11.5 Å². The van der Waals surface area contributed by atoms with Crippen molar-refractivity contribution in [1.29, 1.82) is 0 Å². The van der Waals surface area contributed by atoms with Gasteiger partial charge in [0, 0.05) is 26.2 Å². The van der Waals surface area contributed by atoms with Gasteiger partial charge in [-0.2, -0.15) is 0 Å². The van der Waals surface area contributed by atoms with Crippen LogP contribution < -0.4 is 14.8 Å². The maximum atomic E-state index is 5.37. The quantitative estimate of drug-likeness (QED) is 0.281. The van der Waals surface area contributed by atoms with Crippen LogP contribution in [-0.2, 0) is 6.42 Å². The molecule has 1 saturated heterocycles. The van der Waals surface area contributed by atoms with E-state index in [9.17, 15) is 0 Å². The molecule has 1 heterocycles. The SMILES string of the molecule is CCNC(=NCCCc1ccc(OC)c(OC)c1)N1CCCC(C)C1.I. The number of halogens is 1. The van der Waals surface area contributed by atoms with E-state index in [4.69, 9.17) is 14.5 Å². The summed E-state index contributed by atoms with van der Waals surface area (Å²) >= 11 is 0. The summed E-state index contributed by atoms with van der Waals surface area (Å²) in [5.74, 6) is 3.39. The Morgan fingerprint density at radius 1 is 1.27 bits per heavy atom. The molecule has 0 aliphatic carbocycles. The number of hydrogen-bond donors (Lipinski definition) is 1. The smallest absolute Gasteiger partial charge is 0.193 e. The lowest BCUT2D eigenvalue weighted by Gasteiger charge is -2.33. The first-order chi connectivity index (χ1) is 12.2. The molecule has 1 aliphatic rings. The number of ether oxygens (including phenoxy) is 2. The maximum Gasteiger partial charge on any atom is 0.193 e. The molecule has 1 aromatic carbocycles. The van der Waals surface area contributed by atoms with E-state index in [0.717, 1.165) is 62.4 Å². The fourth-order valence-electron chi connectivity index (χ4n) is 3.31. The molecule has 0 bridgehead atoms. The Kier molecular flexibility index (Phi) is 10.8. The third kappa shape index (κ3) is 6.85. The molecule has 1 aliphatic heterocycles. The molecule has 5 nitrogen and oxygen atoms in total. The minimum absolute atomic E-state index is 0. The molecule has 148 valence electrons. The summed E-state index contributed by atoms with van der Waals surface area (Å²) in [5.41, 5.74) is 1.25. The second-order valence-corrected chi connectivity index (χ2v) is 6.72. The average Bonchev–Trinajstić information content (AvgIpc) is 2.64. The first kappa shape index (κ1) is 22.9. The number of methoxy groups -OCH3 is 2. The van der Waals surface area contributed by atoms with Gasteiger partial charge in [0.05, 0.1) is 14.2 Å². The number of nitrogens with one attached hydrogen (secondary N) is 1. The van der Waals surface area contributed by atoms with Crippen molar-refractivity contribution in [2.75, 3.05) is 40.4 Å². The van der Waals surface area contributed by atoms with Crippen LogP contribution in [-0.4, -0.2) is 51.3 Å². The maximum absolute atomic E-state index is 5.37. The molecule has 0 radical (unpaired) electrons. The molecule has 1 N–H and O–H groups in total. The Morgan fingerprint density at radius 2 is 2.04 bits per heavy atom. The fourth-order valence-corrected chi connectivity index (χ4v) is 3.31. The van der Waals surface area contributed by atoms with E-state index in [-0.39, 0.29) is 24.0 Å². The monoisotopic (exact) mass is 475 g/mol. The molecular formula is C20H34IN3O2. The first-order valence-electron chi connectivity index (χ1n) is 9.42. The van der Waals surface area contributed by atoms with E-state index in [1.165, 1.54) is 18.4 Å². The number of rotatable bonds is 7. The number of guanidine groups is 1. The van der Waals surface area contributed by atoms with Gasteiger partial charge < -0.3 is 19.7 Å². The van der Waals surface area contributed by atoms with Crippen LogP contribution in [0.2, 0.25) is 0 Å². The van der Waals surface area contributed by atoms with Gasteiger partial charge in [-0.3, -0.25) is 4.99 Å². The number of piperidine rings is 1. The molecule has 1 fully saturated rings. The lowest BCUT2D eigenvalue weighted by molar-refractivity contribution is 0.266. The van der Waals surface area contributed by atoms with Crippen molar-refractivity contribution in [2.24, 2.45) is 10.9 Å². The molecule has 2 rings (SSSR count). The van der Waals surface area contributed by atoms with Gasteiger partial charge in [-0.05, 0) is 56.2 Å². The van der Waals surface area contributed by atoms with Crippen molar-refractivity contribution in [2.45, 2.75) is 39.5 Å². The summed E-state index contributed by atoms with van der Waals surface area (Å²) in [6.07, 6.45) is 4.60. The van der Waals surface area contributed by atoms with Crippen LogP contribution in [0.3, 0.4) is 0 Å². The lowest BCUT2D eigenvalue weighted by atomic mass is 10.0. The largest absolute Gasteiger partial charge is 0.493 e. The van der Waals surface area contributed by atoms with Gasteiger partial charge >= 0.3 is 0 Å². The number of benzene rings is 1. The number of hydrogen-bond acceptors (Lipinski definition) is 3. The third-order valence-corrected chi connectivity index (χ3v) is 4.62. The zero-order valence-corrected chi connectivity index (χ0v) is 18.9. The van der Waals surface area contributed by atoms with Gasteiger partial charge in [0.15, 0.2) is 17.5 Å². The van der Waals surface area contributed by atoms with Crippen LogP contribution in [0.1, 0.15) is 38.7 Å². The molecule has 26 heavy (non-hydrogen) atoms. The number of nitrogens with zero attached hydrogens (tertiary/aromatic N) is 2. The highest BCUT2D eigenvalue weighted by Crippen LogP contribution is 2.27. The second-order valence-electron chi connectivity index (χ2n) is 6.72. The Morgan fingerprint density at radius 3 is 2.69 bits per heavy atom. The summed E-state index contributed by atoms with van der Waals surface area (Å²) in [6, 6.07) is 6.12. The van der Waals surface area contributed by atoms with Crippen molar-refractivity contribution in [3.8, 4) is 11.5 Å². The van der Waals surface area contributed by atoms with Gasteiger partial charge in [-0.15, -0.1) is 24.0 Å². The topological polar surface area (TPSA) is 46.1 Å². The molecule has 0 saturated carbocycles. The van der Waals surface area contributed by atoms with Crippen molar-refractivity contribution in [3.63, 3.8) is 0 Å². The number of likely N-dealkylation sites (tertiary alicyclic amines) is 1. The van der Waals surface area contributed by atoms with Crippen LogP contribution >= 0.6 is 24.0 Å². The summed E-state index contributed by atoms with van der Waals surface area (Å²) < 4.78 is 10.7. The molecule has 6 heteroatoms. The second kappa shape index (κ2) is 12.3. The number of aryl methyl sites for hydroxylation is 1. The molecule has 1 aromatic rings. The van der Waals surface area contributed by atoms with Crippen LogP contribution in [0.4, 0.5) is 0 Å². The Hall–Kier alpha value is -1.18. The van der Waals surface area contributed by atoms with Gasteiger partial charge in [-0.1, -0.05) is 13.0 Å². The van der Waals surface area contributed by atoms with Crippen molar-refractivity contribution in [3.05, 3.63) is 23.8 Å². The van der Waals surface area contributed by atoms with Crippen LogP contribution in [0.15, 0.2) is 23.2 Å². The Balaban J connectivity index is 0.00000338. The van der Waals surface area contributed by atoms with Crippen molar-refractivity contribution < 1.29 is 9.47 Å². The summed E-state index contributed by atoms with van der Waals surface area (Å²) in [6.45, 7) is 8.44. The summed E-state index contributed by atoms with van der Waals surface area (Å²) in [4.78, 5) is 7.25. The van der Waals surface area contributed by atoms with E-state index in [0.29, 0.717) is 0 Å². The number of aliphatic imine (C=N–C) groups is 1. The zero-order valence-electron chi connectivity index (χ0n) is 16.6. The highest BCUT2D eigenvalue weighted by molar-refractivity contribution is 14.0. The minimum Gasteiger partial charge on any atom is -0.493 e. The molecular weight excluding hydrogens is 441 g/mol. The fraction of sp³-hybridized carbons (Fsp3) is 0.650. The molecule has 0 spiro atoms. The van der Waals surface area contributed by atoms with Gasteiger partial charge in [0.1, 0.15) is 0 Å². The van der Waals surface area contributed by atoms with E-state index in [2.05, 4.69) is 36.2 Å². The molecule has 0 amide bonds. The van der Waals surface area contributed by atoms with Gasteiger partial charge in [-0.25, -0.2) is 0 Å². The summed E-state index contributed by atoms with van der Waals surface area (Å²) in [5, 5.41) is 3.44. The van der Waals surface area contributed by atoms with E-state index in [1.54, 1.807) is 14.2 Å². The predicted molar refractivity (Wildman–Crippen MR) is 119 cm³/mol. The predicted octanol–water partition coefficient (Wildman–Crippen LogP) is 3.95. The van der Waals surface area contributed by atoms with Crippen LogP contribution in [0.25, 0.3) is 0 Å². The van der Waals surface area contributed by atoms with Gasteiger partial charge in [0.25, 0.3) is 0 Å².